The third-order valence-corrected chi connectivity index (χ3v) is 3.22. The van der Waals surface area contributed by atoms with Crippen molar-refractivity contribution in [2.24, 2.45) is 0 Å². The van der Waals surface area contributed by atoms with Gasteiger partial charge < -0.3 is 21.3 Å². The standard InChI is InChI=1S/C14H11BrN2O4/c15-7-1-3-9(12(18)5-7)13(19)17-11-4-2-8(16)6-10(11)14(20)21/h1-6,18H,16H2,(H,17,19)(H,20,21). The molecule has 1 amide bonds. The fraction of sp³-hybridized carbons (Fsp3) is 0. The molecule has 0 aliphatic rings. The number of hydrogen-bond donors (Lipinski definition) is 4. The van der Waals surface area contributed by atoms with Gasteiger partial charge in [-0.05, 0) is 36.4 Å². The van der Waals surface area contributed by atoms with Crippen LogP contribution < -0.4 is 11.1 Å². The van der Waals surface area contributed by atoms with Crippen LogP contribution in [0.2, 0.25) is 0 Å². The monoisotopic (exact) mass is 350 g/mol. The summed E-state index contributed by atoms with van der Waals surface area (Å²) in [5.41, 5.74) is 5.81. The van der Waals surface area contributed by atoms with Gasteiger partial charge >= 0.3 is 5.97 Å². The van der Waals surface area contributed by atoms with Crippen LogP contribution in [0.15, 0.2) is 40.9 Å². The first-order valence-corrected chi connectivity index (χ1v) is 6.60. The molecular weight excluding hydrogens is 340 g/mol. The maximum atomic E-state index is 12.1. The van der Waals surface area contributed by atoms with E-state index in [2.05, 4.69) is 21.2 Å². The molecule has 0 unspecified atom stereocenters. The Morgan fingerprint density at radius 1 is 1.10 bits per heavy atom. The first-order valence-electron chi connectivity index (χ1n) is 5.81. The second kappa shape index (κ2) is 5.84. The lowest BCUT2D eigenvalue weighted by Crippen LogP contribution is -2.15. The van der Waals surface area contributed by atoms with Gasteiger partial charge in [-0.1, -0.05) is 15.9 Å². The second-order valence-electron chi connectivity index (χ2n) is 4.23. The summed E-state index contributed by atoms with van der Waals surface area (Å²) < 4.78 is 0.621. The molecule has 2 aromatic carbocycles. The van der Waals surface area contributed by atoms with E-state index in [-0.39, 0.29) is 28.3 Å². The maximum absolute atomic E-state index is 12.1. The van der Waals surface area contributed by atoms with Crippen molar-refractivity contribution in [3.63, 3.8) is 0 Å². The van der Waals surface area contributed by atoms with E-state index >= 15 is 0 Å². The van der Waals surface area contributed by atoms with Crippen molar-refractivity contribution in [3.8, 4) is 5.75 Å². The smallest absolute Gasteiger partial charge is 0.337 e. The highest BCUT2D eigenvalue weighted by atomic mass is 79.9. The zero-order valence-electron chi connectivity index (χ0n) is 10.6. The number of carbonyl (C=O) groups is 2. The van der Waals surface area contributed by atoms with Crippen LogP contribution in [0.3, 0.4) is 0 Å². The predicted octanol–water partition coefficient (Wildman–Crippen LogP) is 2.69. The molecule has 21 heavy (non-hydrogen) atoms. The number of hydrogen-bond acceptors (Lipinski definition) is 4. The van der Waals surface area contributed by atoms with Gasteiger partial charge in [0.2, 0.25) is 0 Å². The van der Waals surface area contributed by atoms with Crippen molar-refractivity contribution in [3.05, 3.63) is 52.0 Å². The molecule has 7 heteroatoms. The SMILES string of the molecule is Nc1ccc(NC(=O)c2ccc(Br)cc2O)c(C(=O)O)c1. The van der Waals surface area contributed by atoms with E-state index in [9.17, 15) is 14.7 Å². The quantitative estimate of drug-likeness (QED) is 0.635. The number of aromatic hydroxyl groups is 1. The number of rotatable bonds is 3. The maximum Gasteiger partial charge on any atom is 0.337 e. The van der Waals surface area contributed by atoms with Crippen LogP contribution in [0.4, 0.5) is 11.4 Å². The molecule has 0 aliphatic carbocycles. The molecule has 2 rings (SSSR count). The summed E-state index contributed by atoms with van der Waals surface area (Å²) in [6.45, 7) is 0. The van der Waals surface area contributed by atoms with E-state index in [0.29, 0.717) is 4.47 Å². The van der Waals surface area contributed by atoms with Crippen molar-refractivity contribution in [1.82, 2.24) is 0 Å². The highest BCUT2D eigenvalue weighted by Crippen LogP contribution is 2.25. The summed E-state index contributed by atoms with van der Waals surface area (Å²) in [5, 5.41) is 21.3. The van der Waals surface area contributed by atoms with Crippen molar-refractivity contribution < 1.29 is 19.8 Å². The van der Waals surface area contributed by atoms with Gasteiger partial charge in [-0.15, -0.1) is 0 Å². The summed E-state index contributed by atoms with van der Waals surface area (Å²) in [6, 6.07) is 8.51. The van der Waals surface area contributed by atoms with Gasteiger partial charge in [0.15, 0.2) is 0 Å². The number of nitrogens with one attached hydrogen (secondary N) is 1. The lowest BCUT2D eigenvalue weighted by atomic mass is 10.1. The number of halogens is 1. The second-order valence-corrected chi connectivity index (χ2v) is 5.14. The van der Waals surface area contributed by atoms with E-state index in [1.165, 1.54) is 30.3 Å². The number of amides is 1. The summed E-state index contributed by atoms with van der Waals surface area (Å²) >= 11 is 3.17. The number of carboxylic acid groups (broad SMARTS) is 1. The molecule has 0 saturated heterocycles. The number of nitrogen functional groups attached to an aromatic ring is 1. The zero-order chi connectivity index (χ0) is 15.6. The number of benzene rings is 2. The third kappa shape index (κ3) is 3.32. The number of anilines is 2. The molecule has 0 spiro atoms. The fourth-order valence-electron chi connectivity index (χ4n) is 1.73. The van der Waals surface area contributed by atoms with Crippen molar-refractivity contribution in [2.75, 3.05) is 11.1 Å². The molecule has 0 fully saturated rings. The van der Waals surface area contributed by atoms with E-state index in [0.717, 1.165) is 0 Å². The highest BCUT2D eigenvalue weighted by Gasteiger charge is 2.16. The van der Waals surface area contributed by atoms with Crippen LogP contribution >= 0.6 is 15.9 Å². The van der Waals surface area contributed by atoms with E-state index in [4.69, 9.17) is 10.8 Å². The van der Waals surface area contributed by atoms with Crippen LogP contribution in [0.5, 0.6) is 5.75 Å². The first-order chi connectivity index (χ1) is 9.88. The molecule has 0 aromatic heterocycles. The molecule has 5 N–H and O–H groups in total. The Morgan fingerprint density at radius 3 is 2.43 bits per heavy atom. The van der Waals surface area contributed by atoms with Crippen molar-refractivity contribution in [1.29, 1.82) is 0 Å². The number of carbonyl (C=O) groups excluding carboxylic acids is 1. The molecule has 0 aliphatic heterocycles. The van der Waals surface area contributed by atoms with Crippen LogP contribution in [0.25, 0.3) is 0 Å². The Labute approximate surface area is 128 Å². The number of aromatic carboxylic acids is 1. The molecule has 0 saturated carbocycles. The van der Waals surface area contributed by atoms with Crippen LogP contribution in [-0.2, 0) is 0 Å². The topological polar surface area (TPSA) is 113 Å². The van der Waals surface area contributed by atoms with Gasteiger partial charge in [-0.3, -0.25) is 4.79 Å². The van der Waals surface area contributed by atoms with E-state index < -0.39 is 11.9 Å². The lowest BCUT2D eigenvalue weighted by Gasteiger charge is -2.10. The summed E-state index contributed by atoms with van der Waals surface area (Å²) in [7, 11) is 0. The number of carboxylic acids is 1. The number of nitrogens with two attached hydrogens (primary N) is 1. The molecule has 108 valence electrons. The molecular formula is C14H11BrN2O4. The van der Waals surface area contributed by atoms with Gasteiger partial charge in [0.25, 0.3) is 5.91 Å². The van der Waals surface area contributed by atoms with Gasteiger partial charge in [-0.2, -0.15) is 0 Å². The minimum absolute atomic E-state index is 0.0337. The number of phenolic OH excluding ortho intramolecular Hbond substituents is 1. The minimum atomic E-state index is -1.21. The van der Waals surface area contributed by atoms with Crippen LogP contribution in [-0.4, -0.2) is 22.1 Å². The van der Waals surface area contributed by atoms with Crippen LogP contribution in [0.1, 0.15) is 20.7 Å². The zero-order valence-corrected chi connectivity index (χ0v) is 12.2. The Balaban J connectivity index is 2.34. The summed E-state index contributed by atoms with van der Waals surface area (Å²) in [6.07, 6.45) is 0. The van der Waals surface area contributed by atoms with Crippen molar-refractivity contribution in [2.45, 2.75) is 0 Å². The lowest BCUT2D eigenvalue weighted by molar-refractivity contribution is 0.0698. The molecule has 2 aromatic rings. The van der Waals surface area contributed by atoms with Gasteiger partial charge in [0.1, 0.15) is 5.75 Å². The Morgan fingerprint density at radius 2 is 1.81 bits per heavy atom. The Bertz CT molecular complexity index is 731. The first kappa shape index (κ1) is 14.9. The number of phenols is 1. The average Bonchev–Trinajstić information content (AvgIpc) is 2.40. The third-order valence-electron chi connectivity index (χ3n) is 2.73. The van der Waals surface area contributed by atoms with Gasteiger partial charge in [0.05, 0.1) is 16.8 Å². The Hall–Kier alpha value is -2.54. The summed E-state index contributed by atoms with van der Waals surface area (Å²) in [5.74, 6) is -2.04. The van der Waals surface area contributed by atoms with Crippen LogP contribution in [0, 0.1) is 0 Å². The molecule has 6 nitrogen and oxygen atoms in total. The Kier molecular flexibility index (Phi) is 4.13. The normalized spacial score (nSPS) is 10.1. The fourth-order valence-corrected chi connectivity index (χ4v) is 2.08. The molecule has 0 bridgehead atoms. The molecule has 0 radical (unpaired) electrons. The predicted molar refractivity (Wildman–Crippen MR) is 81.6 cm³/mol. The van der Waals surface area contributed by atoms with Gasteiger partial charge in [0, 0.05) is 10.2 Å². The molecule has 0 atom stereocenters. The van der Waals surface area contributed by atoms with Crippen molar-refractivity contribution >= 4 is 39.2 Å². The minimum Gasteiger partial charge on any atom is -0.507 e. The molecule has 0 heterocycles. The average molecular weight is 351 g/mol. The largest absolute Gasteiger partial charge is 0.507 e. The highest BCUT2D eigenvalue weighted by molar-refractivity contribution is 9.10. The van der Waals surface area contributed by atoms with Gasteiger partial charge in [-0.25, -0.2) is 4.79 Å². The van der Waals surface area contributed by atoms with E-state index in [1.807, 2.05) is 0 Å². The van der Waals surface area contributed by atoms with E-state index in [1.54, 1.807) is 6.07 Å². The summed E-state index contributed by atoms with van der Waals surface area (Å²) in [4.78, 5) is 23.2.